The lowest BCUT2D eigenvalue weighted by molar-refractivity contribution is -0.120. The minimum atomic E-state index is 0.0448. The molecule has 1 aromatic rings. The highest BCUT2D eigenvalue weighted by Gasteiger charge is 2.01. The first kappa shape index (κ1) is 14.2. The summed E-state index contributed by atoms with van der Waals surface area (Å²) in [6, 6.07) is 1.72. The summed E-state index contributed by atoms with van der Waals surface area (Å²) in [4.78, 5) is 19.4. The van der Waals surface area contributed by atoms with Crippen molar-refractivity contribution in [3.8, 4) is 5.88 Å². The first-order valence-corrected chi connectivity index (χ1v) is 6.21. The minimum absolute atomic E-state index is 0.0448. The number of carbonyl (C=O) groups is 1. The predicted octanol–water partition coefficient (Wildman–Crippen LogP) is 1.20. The third-order valence-corrected chi connectivity index (χ3v) is 2.16. The Morgan fingerprint density at radius 2 is 2.17 bits per heavy atom. The van der Waals surface area contributed by atoms with E-state index in [1.54, 1.807) is 6.07 Å². The Morgan fingerprint density at radius 1 is 1.33 bits per heavy atom. The maximum Gasteiger partial charge on any atom is 0.221 e. The van der Waals surface area contributed by atoms with Crippen molar-refractivity contribution in [2.45, 2.75) is 26.7 Å². The van der Waals surface area contributed by atoms with Crippen molar-refractivity contribution in [3.63, 3.8) is 0 Å². The molecule has 1 heterocycles. The van der Waals surface area contributed by atoms with Crippen LogP contribution in [0.25, 0.3) is 0 Å². The van der Waals surface area contributed by atoms with Crippen LogP contribution in [0.4, 0.5) is 5.82 Å². The van der Waals surface area contributed by atoms with Crippen LogP contribution in [0.3, 0.4) is 0 Å². The zero-order valence-corrected chi connectivity index (χ0v) is 10.9. The molecule has 0 radical (unpaired) electrons. The molecule has 0 saturated heterocycles. The fourth-order valence-corrected chi connectivity index (χ4v) is 1.32. The molecule has 6 nitrogen and oxygen atoms in total. The van der Waals surface area contributed by atoms with E-state index in [0.717, 1.165) is 13.0 Å². The highest BCUT2D eigenvalue weighted by atomic mass is 16.5. The molecule has 0 unspecified atom stereocenters. The van der Waals surface area contributed by atoms with Gasteiger partial charge in [-0.05, 0) is 13.3 Å². The van der Waals surface area contributed by atoms with Gasteiger partial charge in [0.05, 0.1) is 6.61 Å². The van der Waals surface area contributed by atoms with Gasteiger partial charge in [0.25, 0.3) is 0 Å². The number of rotatable bonds is 8. The molecule has 0 aliphatic carbocycles. The summed E-state index contributed by atoms with van der Waals surface area (Å²) in [5, 5.41) is 5.87. The molecule has 0 aromatic carbocycles. The van der Waals surface area contributed by atoms with E-state index in [4.69, 9.17) is 4.74 Å². The average Bonchev–Trinajstić information content (AvgIpc) is 2.37. The third kappa shape index (κ3) is 5.47. The number of hydrogen-bond donors (Lipinski definition) is 2. The second-order valence-electron chi connectivity index (χ2n) is 3.70. The average molecular weight is 252 g/mol. The number of hydrogen-bond acceptors (Lipinski definition) is 5. The lowest BCUT2D eigenvalue weighted by atomic mass is 10.3. The predicted molar refractivity (Wildman–Crippen MR) is 69.6 cm³/mol. The van der Waals surface area contributed by atoms with E-state index in [2.05, 4.69) is 20.6 Å². The smallest absolute Gasteiger partial charge is 0.221 e. The number of carbonyl (C=O) groups excluding carboxylic acids is 1. The van der Waals surface area contributed by atoms with Gasteiger partial charge < -0.3 is 15.4 Å². The van der Waals surface area contributed by atoms with E-state index in [0.29, 0.717) is 31.3 Å². The lowest BCUT2D eigenvalue weighted by Crippen LogP contribution is -2.25. The number of aromatic nitrogens is 2. The molecule has 1 amide bonds. The second-order valence-corrected chi connectivity index (χ2v) is 3.70. The van der Waals surface area contributed by atoms with Crippen molar-refractivity contribution in [1.29, 1.82) is 0 Å². The van der Waals surface area contributed by atoms with Gasteiger partial charge in [0.1, 0.15) is 12.1 Å². The lowest BCUT2D eigenvalue weighted by Gasteiger charge is -2.07. The molecule has 0 fully saturated rings. The first-order chi connectivity index (χ1) is 8.76. The van der Waals surface area contributed by atoms with Crippen LogP contribution in [0.2, 0.25) is 0 Å². The highest BCUT2D eigenvalue weighted by Crippen LogP contribution is 2.10. The Hall–Kier alpha value is -1.85. The molecule has 100 valence electrons. The van der Waals surface area contributed by atoms with E-state index in [1.165, 1.54) is 6.33 Å². The summed E-state index contributed by atoms with van der Waals surface area (Å²) in [5.74, 6) is 1.24. The van der Waals surface area contributed by atoms with Crippen molar-refractivity contribution < 1.29 is 9.53 Å². The summed E-state index contributed by atoms with van der Waals surface area (Å²) in [6.45, 7) is 5.75. The summed E-state index contributed by atoms with van der Waals surface area (Å²) < 4.78 is 5.26. The van der Waals surface area contributed by atoms with Crippen LogP contribution in [0.1, 0.15) is 26.7 Å². The Labute approximate surface area is 107 Å². The molecular weight excluding hydrogens is 232 g/mol. The molecule has 2 N–H and O–H groups in total. The van der Waals surface area contributed by atoms with Crippen LogP contribution in [-0.2, 0) is 4.79 Å². The standard InChI is InChI=1S/C12H20N4O2/c1-3-6-14-11(17)5-7-13-10-8-12(18-4-2)16-9-15-10/h8-9H,3-7H2,1-2H3,(H,14,17)(H,13,15,16). The summed E-state index contributed by atoms with van der Waals surface area (Å²) in [5.41, 5.74) is 0. The molecule has 6 heteroatoms. The van der Waals surface area contributed by atoms with Crippen LogP contribution in [0.15, 0.2) is 12.4 Å². The van der Waals surface area contributed by atoms with Crippen LogP contribution in [0.5, 0.6) is 5.88 Å². The Balaban J connectivity index is 2.30. The van der Waals surface area contributed by atoms with E-state index < -0.39 is 0 Å². The quantitative estimate of drug-likeness (QED) is 0.727. The van der Waals surface area contributed by atoms with Gasteiger partial charge in [0.15, 0.2) is 0 Å². The van der Waals surface area contributed by atoms with Gasteiger partial charge in [0, 0.05) is 25.6 Å². The number of ether oxygens (including phenoxy) is 1. The molecule has 1 aromatic heterocycles. The largest absolute Gasteiger partial charge is 0.478 e. The van der Waals surface area contributed by atoms with E-state index >= 15 is 0 Å². The maximum atomic E-state index is 11.4. The van der Waals surface area contributed by atoms with Crippen molar-refractivity contribution in [2.24, 2.45) is 0 Å². The van der Waals surface area contributed by atoms with Gasteiger partial charge in [0.2, 0.25) is 11.8 Å². The second kappa shape index (κ2) is 8.27. The number of nitrogens with one attached hydrogen (secondary N) is 2. The minimum Gasteiger partial charge on any atom is -0.478 e. The fraction of sp³-hybridized carbons (Fsp3) is 0.583. The zero-order valence-electron chi connectivity index (χ0n) is 10.9. The molecule has 0 saturated carbocycles. The van der Waals surface area contributed by atoms with Crippen molar-refractivity contribution in [1.82, 2.24) is 15.3 Å². The van der Waals surface area contributed by atoms with E-state index in [1.807, 2.05) is 13.8 Å². The molecule has 0 aliphatic heterocycles. The topological polar surface area (TPSA) is 76.1 Å². The van der Waals surface area contributed by atoms with Crippen molar-refractivity contribution in [2.75, 3.05) is 25.0 Å². The first-order valence-electron chi connectivity index (χ1n) is 6.21. The van der Waals surface area contributed by atoms with Gasteiger partial charge in [-0.1, -0.05) is 6.92 Å². The Bertz CT molecular complexity index is 371. The molecule has 0 bridgehead atoms. The van der Waals surface area contributed by atoms with Crippen LogP contribution >= 0.6 is 0 Å². The normalized spacial score (nSPS) is 9.89. The third-order valence-electron chi connectivity index (χ3n) is 2.16. The molecule has 18 heavy (non-hydrogen) atoms. The molecular formula is C12H20N4O2. The molecule has 0 spiro atoms. The van der Waals surface area contributed by atoms with Crippen LogP contribution < -0.4 is 15.4 Å². The molecule has 0 atom stereocenters. The highest BCUT2D eigenvalue weighted by molar-refractivity contribution is 5.76. The summed E-state index contributed by atoms with van der Waals surface area (Å²) in [6.07, 6.45) is 2.81. The van der Waals surface area contributed by atoms with Gasteiger partial charge in [-0.15, -0.1) is 0 Å². The van der Waals surface area contributed by atoms with Crippen molar-refractivity contribution in [3.05, 3.63) is 12.4 Å². The zero-order chi connectivity index (χ0) is 13.2. The van der Waals surface area contributed by atoms with Gasteiger partial charge in [-0.3, -0.25) is 4.79 Å². The van der Waals surface area contributed by atoms with Gasteiger partial charge >= 0.3 is 0 Å². The number of amides is 1. The van der Waals surface area contributed by atoms with Crippen LogP contribution in [-0.4, -0.2) is 35.6 Å². The fourth-order valence-electron chi connectivity index (χ4n) is 1.32. The summed E-state index contributed by atoms with van der Waals surface area (Å²) >= 11 is 0. The maximum absolute atomic E-state index is 11.4. The summed E-state index contributed by atoms with van der Waals surface area (Å²) in [7, 11) is 0. The molecule has 1 rings (SSSR count). The van der Waals surface area contributed by atoms with E-state index in [9.17, 15) is 4.79 Å². The molecule has 0 aliphatic rings. The van der Waals surface area contributed by atoms with Crippen LogP contribution in [0, 0.1) is 0 Å². The Kier molecular flexibility index (Phi) is 6.53. The van der Waals surface area contributed by atoms with Crippen molar-refractivity contribution >= 4 is 11.7 Å². The van der Waals surface area contributed by atoms with Gasteiger partial charge in [-0.25, -0.2) is 9.97 Å². The Morgan fingerprint density at radius 3 is 2.89 bits per heavy atom. The monoisotopic (exact) mass is 252 g/mol. The van der Waals surface area contributed by atoms with Gasteiger partial charge in [-0.2, -0.15) is 0 Å². The number of anilines is 1. The van der Waals surface area contributed by atoms with E-state index in [-0.39, 0.29) is 5.91 Å². The SMILES string of the molecule is CCCNC(=O)CCNc1cc(OCC)ncn1. The number of nitrogens with zero attached hydrogens (tertiary/aromatic N) is 2.